The van der Waals surface area contributed by atoms with Gasteiger partial charge >= 0.3 is 5.97 Å². The van der Waals surface area contributed by atoms with Crippen molar-refractivity contribution in [2.24, 2.45) is 0 Å². The van der Waals surface area contributed by atoms with Gasteiger partial charge in [-0.2, -0.15) is 9.87 Å². The molecule has 0 radical (unpaired) electrons. The van der Waals surface area contributed by atoms with E-state index in [1.807, 2.05) is 6.92 Å². The van der Waals surface area contributed by atoms with Crippen LogP contribution in [-0.2, 0) is 20.2 Å². The van der Waals surface area contributed by atoms with Gasteiger partial charge in [-0.15, -0.1) is 0 Å². The molecule has 0 aromatic carbocycles. The predicted octanol–water partition coefficient (Wildman–Crippen LogP) is -0.770. The number of carbonyl (C=O) groups excluding carboxylic acids is 1. The molecule has 2 aromatic heterocycles. The van der Waals surface area contributed by atoms with Gasteiger partial charge in [0, 0.05) is 0 Å². The molecule has 0 bridgehead atoms. The van der Waals surface area contributed by atoms with E-state index >= 15 is 0 Å². The highest BCUT2D eigenvalue weighted by atomic mass is 17.2. The number of aromatic nitrogens is 4. The second-order valence-electron chi connectivity index (χ2n) is 5.97. The minimum Gasteiger partial charge on any atom is -0.386 e. The topological polar surface area (TPSA) is 157 Å². The molecule has 0 saturated carbocycles. The first-order chi connectivity index (χ1) is 11.7. The number of aliphatic hydroxyl groups is 1. The van der Waals surface area contributed by atoms with Crippen molar-refractivity contribution >= 4 is 23.1 Å². The van der Waals surface area contributed by atoms with Gasteiger partial charge in [0.25, 0.3) is 5.56 Å². The van der Waals surface area contributed by atoms with Crippen LogP contribution in [0.3, 0.4) is 0 Å². The van der Waals surface area contributed by atoms with E-state index in [2.05, 4.69) is 25.2 Å². The molecule has 0 aliphatic carbocycles. The van der Waals surface area contributed by atoms with Crippen molar-refractivity contribution in [3.63, 3.8) is 0 Å². The SMILES string of the molecule is CCCN[C@@](C(=O)OOC)(n1cnc2c(=O)[nH]c(N)nc21)C(C)(C)O. The normalized spacial score (nSPS) is 14.4. The zero-order valence-corrected chi connectivity index (χ0v) is 14.5. The van der Waals surface area contributed by atoms with Crippen LogP contribution in [-0.4, -0.2) is 49.9 Å². The lowest BCUT2D eigenvalue weighted by atomic mass is 9.90. The summed E-state index contributed by atoms with van der Waals surface area (Å²) >= 11 is 0. The largest absolute Gasteiger partial charge is 0.386 e. The summed E-state index contributed by atoms with van der Waals surface area (Å²) in [4.78, 5) is 44.4. The number of nitrogen functional groups attached to an aromatic ring is 1. The molecule has 2 aromatic rings. The van der Waals surface area contributed by atoms with Crippen LogP contribution in [0.1, 0.15) is 27.2 Å². The van der Waals surface area contributed by atoms with E-state index in [9.17, 15) is 14.7 Å². The first-order valence-electron chi connectivity index (χ1n) is 7.64. The van der Waals surface area contributed by atoms with E-state index in [0.29, 0.717) is 13.0 Å². The molecule has 138 valence electrons. The first-order valence-corrected chi connectivity index (χ1v) is 7.64. The molecule has 2 heterocycles. The highest BCUT2D eigenvalue weighted by Crippen LogP contribution is 2.31. The summed E-state index contributed by atoms with van der Waals surface area (Å²) in [6.07, 6.45) is 1.87. The minimum absolute atomic E-state index is 0.0139. The summed E-state index contributed by atoms with van der Waals surface area (Å²) in [6, 6.07) is 0. The van der Waals surface area contributed by atoms with Crippen molar-refractivity contribution in [3.8, 4) is 0 Å². The van der Waals surface area contributed by atoms with Crippen LogP contribution in [0, 0.1) is 0 Å². The van der Waals surface area contributed by atoms with Crippen molar-refractivity contribution in [3.05, 3.63) is 16.7 Å². The third kappa shape index (κ3) is 3.08. The summed E-state index contributed by atoms with van der Waals surface area (Å²) < 4.78 is 1.23. The van der Waals surface area contributed by atoms with E-state index in [0.717, 1.165) is 0 Å². The molecule has 11 heteroatoms. The number of nitrogens with one attached hydrogen (secondary N) is 2. The summed E-state index contributed by atoms with van der Waals surface area (Å²) in [6.45, 7) is 5.06. The molecule has 0 fully saturated rings. The molecule has 0 saturated heterocycles. The molecule has 0 amide bonds. The Labute approximate surface area is 143 Å². The van der Waals surface area contributed by atoms with Crippen LogP contribution in [0.4, 0.5) is 5.95 Å². The first kappa shape index (κ1) is 18.8. The Balaban J connectivity index is 2.83. The van der Waals surface area contributed by atoms with Crippen LogP contribution in [0.15, 0.2) is 11.1 Å². The van der Waals surface area contributed by atoms with Crippen molar-refractivity contribution in [2.45, 2.75) is 38.5 Å². The molecular weight excluding hydrogens is 332 g/mol. The molecule has 0 spiro atoms. The number of carbonyl (C=O) groups is 1. The van der Waals surface area contributed by atoms with Gasteiger partial charge < -0.3 is 10.8 Å². The number of anilines is 1. The molecule has 1 atom stereocenters. The van der Waals surface area contributed by atoms with Crippen LogP contribution >= 0.6 is 0 Å². The molecule has 0 aliphatic rings. The van der Waals surface area contributed by atoms with Gasteiger partial charge in [0.2, 0.25) is 11.6 Å². The van der Waals surface area contributed by atoms with Gasteiger partial charge in [-0.3, -0.25) is 24.5 Å². The van der Waals surface area contributed by atoms with Gasteiger partial charge in [-0.1, -0.05) is 6.92 Å². The number of H-pyrrole nitrogens is 1. The summed E-state index contributed by atoms with van der Waals surface area (Å²) in [5.74, 6) is -1.09. The van der Waals surface area contributed by atoms with Gasteiger partial charge in [-0.25, -0.2) is 9.78 Å². The van der Waals surface area contributed by atoms with Crippen LogP contribution in [0.2, 0.25) is 0 Å². The predicted molar refractivity (Wildman–Crippen MR) is 88.2 cm³/mol. The third-order valence-electron chi connectivity index (χ3n) is 3.76. The molecule has 5 N–H and O–H groups in total. The Morgan fingerprint density at radius 1 is 1.52 bits per heavy atom. The van der Waals surface area contributed by atoms with Gasteiger partial charge in [-0.05, 0) is 26.8 Å². The van der Waals surface area contributed by atoms with Gasteiger partial charge in [0.05, 0.1) is 13.4 Å². The van der Waals surface area contributed by atoms with Crippen molar-refractivity contribution < 1.29 is 19.7 Å². The maximum atomic E-state index is 12.8. The van der Waals surface area contributed by atoms with Gasteiger partial charge in [0.15, 0.2) is 11.2 Å². The monoisotopic (exact) mass is 354 g/mol. The molecule has 0 aliphatic heterocycles. The standard InChI is InChI=1S/C14H22N6O5/c1-5-6-17-14(13(2,3)23,11(22)25-24-4)20-7-16-8-9(20)18-12(15)19-10(8)21/h7,17,23H,5-6H2,1-4H3,(H3,15,18,19,21)/t14-/m0/s1. The number of imidazole rings is 1. The zero-order valence-electron chi connectivity index (χ0n) is 14.5. The quantitative estimate of drug-likeness (QED) is 0.370. The fourth-order valence-corrected chi connectivity index (χ4v) is 2.63. The Morgan fingerprint density at radius 3 is 2.76 bits per heavy atom. The maximum Gasteiger partial charge on any atom is 0.385 e. The van der Waals surface area contributed by atoms with E-state index in [1.54, 1.807) is 0 Å². The van der Waals surface area contributed by atoms with Crippen molar-refractivity contribution in [1.29, 1.82) is 0 Å². The summed E-state index contributed by atoms with van der Waals surface area (Å²) in [5, 5.41) is 13.8. The number of rotatable bonds is 7. The van der Waals surface area contributed by atoms with Gasteiger partial charge in [0.1, 0.15) is 5.60 Å². The molecule has 2 rings (SSSR count). The lowest BCUT2D eigenvalue weighted by Crippen LogP contribution is -2.66. The second-order valence-corrected chi connectivity index (χ2v) is 5.97. The Bertz CT molecular complexity index is 823. The lowest BCUT2D eigenvalue weighted by molar-refractivity contribution is -0.273. The van der Waals surface area contributed by atoms with E-state index in [4.69, 9.17) is 10.6 Å². The molecule has 25 heavy (non-hydrogen) atoms. The number of hydrogen-bond acceptors (Lipinski definition) is 9. The average Bonchev–Trinajstić information content (AvgIpc) is 2.91. The smallest absolute Gasteiger partial charge is 0.385 e. The zero-order chi connectivity index (χ0) is 18.8. The summed E-state index contributed by atoms with van der Waals surface area (Å²) in [7, 11) is 1.17. The maximum absolute atomic E-state index is 12.8. The average molecular weight is 354 g/mol. The Morgan fingerprint density at radius 2 is 2.20 bits per heavy atom. The van der Waals surface area contributed by atoms with Crippen molar-refractivity contribution in [2.75, 3.05) is 19.4 Å². The van der Waals surface area contributed by atoms with Crippen LogP contribution < -0.4 is 16.6 Å². The van der Waals surface area contributed by atoms with E-state index in [-0.39, 0.29) is 17.1 Å². The number of nitrogens with two attached hydrogens (primary N) is 1. The number of nitrogens with zero attached hydrogens (tertiary/aromatic N) is 3. The molecular formula is C14H22N6O5. The minimum atomic E-state index is -1.86. The van der Waals surface area contributed by atoms with E-state index in [1.165, 1.54) is 31.9 Å². The lowest BCUT2D eigenvalue weighted by Gasteiger charge is -2.41. The fraction of sp³-hybridized carbons (Fsp3) is 0.571. The molecule has 0 unspecified atom stereocenters. The van der Waals surface area contributed by atoms with Crippen molar-refractivity contribution in [1.82, 2.24) is 24.8 Å². The van der Waals surface area contributed by atoms with Crippen LogP contribution in [0.25, 0.3) is 11.2 Å². The Kier molecular flexibility index (Phi) is 5.11. The molecule has 11 nitrogen and oxygen atoms in total. The van der Waals surface area contributed by atoms with E-state index < -0.39 is 22.8 Å². The third-order valence-corrected chi connectivity index (χ3v) is 3.76. The second kappa shape index (κ2) is 6.78. The highest BCUT2D eigenvalue weighted by Gasteiger charge is 2.55. The summed E-state index contributed by atoms with van der Waals surface area (Å²) in [5.41, 5.74) is 1.47. The number of aromatic amines is 1. The fourth-order valence-electron chi connectivity index (χ4n) is 2.63. The number of fused-ring (bicyclic) bond motifs is 1. The highest BCUT2D eigenvalue weighted by molar-refractivity contribution is 5.83. The van der Waals surface area contributed by atoms with Crippen LogP contribution in [0.5, 0.6) is 0 Å². The Hall–Kier alpha value is -2.50. The number of hydrogen-bond donors (Lipinski definition) is 4.